The standard InChI is InChI=1S/C13H20N2O2.ClH/c1-3-17-12-7-5-11(6-8-12)13(16)15-10-4-9-14-2;/h5-8,14H,3-4,9-10H2,1-2H3,(H,15,16);1H. The zero-order valence-electron chi connectivity index (χ0n) is 10.9. The number of halogens is 1. The van der Waals surface area contributed by atoms with Crippen molar-refractivity contribution in [3.63, 3.8) is 0 Å². The lowest BCUT2D eigenvalue weighted by molar-refractivity contribution is 0.0953. The SMILES string of the molecule is CCOc1ccc(C(=O)NCCCNC)cc1.Cl. The molecule has 1 rings (SSSR count). The van der Waals surface area contributed by atoms with Crippen molar-refractivity contribution in [2.45, 2.75) is 13.3 Å². The number of carbonyl (C=O) groups is 1. The third-order valence-corrected chi connectivity index (χ3v) is 2.32. The van der Waals surface area contributed by atoms with Gasteiger partial charge < -0.3 is 15.4 Å². The minimum Gasteiger partial charge on any atom is -0.494 e. The third kappa shape index (κ3) is 5.89. The molecule has 4 nitrogen and oxygen atoms in total. The molecule has 0 atom stereocenters. The number of hydrogen-bond acceptors (Lipinski definition) is 3. The van der Waals surface area contributed by atoms with Gasteiger partial charge in [0.25, 0.3) is 5.91 Å². The minimum absolute atomic E-state index is 0. The van der Waals surface area contributed by atoms with Gasteiger partial charge in [0.2, 0.25) is 0 Å². The van der Waals surface area contributed by atoms with Crippen molar-refractivity contribution in [2.75, 3.05) is 26.7 Å². The van der Waals surface area contributed by atoms with Gasteiger partial charge >= 0.3 is 0 Å². The number of amides is 1. The zero-order valence-corrected chi connectivity index (χ0v) is 11.7. The van der Waals surface area contributed by atoms with E-state index in [1.54, 1.807) is 12.1 Å². The maximum absolute atomic E-state index is 11.7. The van der Waals surface area contributed by atoms with E-state index in [0.29, 0.717) is 18.7 Å². The molecule has 0 fully saturated rings. The van der Waals surface area contributed by atoms with E-state index in [9.17, 15) is 4.79 Å². The quantitative estimate of drug-likeness (QED) is 0.745. The molecule has 0 saturated heterocycles. The molecule has 5 heteroatoms. The van der Waals surface area contributed by atoms with Crippen molar-refractivity contribution >= 4 is 18.3 Å². The lowest BCUT2D eigenvalue weighted by atomic mass is 10.2. The molecule has 0 spiro atoms. The van der Waals surface area contributed by atoms with Gasteiger partial charge in [-0.1, -0.05) is 0 Å². The van der Waals surface area contributed by atoms with Gasteiger partial charge in [-0.25, -0.2) is 0 Å². The summed E-state index contributed by atoms with van der Waals surface area (Å²) in [6.07, 6.45) is 0.930. The van der Waals surface area contributed by atoms with E-state index in [4.69, 9.17) is 4.74 Å². The van der Waals surface area contributed by atoms with Crippen molar-refractivity contribution in [2.24, 2.45) is 0 Å². The van der Waals surface area contributed by atoms with Crippen LogP contribution in [0.5, 0.6) is 5.75 Å². The Labute approximate surface area is 115 Å². The summed E-state index contributed by atoms with van der Waals surface area (Å²) in [5, 5.41) is 5.90. The highest BCUT2D eigenvalue weighted by molar-refractivity contribution is 5.94. The van der Waals surface area contributed by atoms with E-state index in [-0.39, 0.29) is 18.3 Å². The Hall–Kier alpha value is -1.26. The second kappa shape index (κ2) is 9.74. The maximum atomic E-state index is 11.7. The molecule has 1 aromatic rings. The van der Waals surface area contributed by atoms with Crippen LogP contribution in [-0.2, 0) is 0 Å². The van der Waals surface area contributed by atoms with Crippen molar-refractivity contribution in [3.8, 4) is 5.75 Å². The van der Waals surface area contributed by atoms with Crippen LogP contribution >= 0.6 is 12.4 Å². The molecule has 0 radical (unpaired) electrons. The summed E-state index contributed by atoms with van der Waals surface area (Å²) in [5.74, 6) is 0.753. The molecule has 0 saturated carbocycles. The highest BCUT2D eigenvalue weighted by Gasteiger charge is 2.04. The summed E-state index contributed by atoms with van der Waals surface area (Å²) in [6.45, 7) is 4.16. The monoisotopic (exact) mass is 272 g/mol. The van der Waals surface area contributed by atoms with Gasteiger partial charge in [0.15, 0.2) is 0 Å². The number of carbonyl (C=O) groups excluding carboxylic acids is 1. The average molecular weight is 273 g/mol. The Balaban J connectivity index is 0.00000289. The Morgan fingerprint density at radius 1 is 1.22 bits per heavy atom. The summed E-state index contributed by atoms with van der Waals surface area (Å²) < 4.78 is 5.31. The fourth-order valence-corrected chi connectivity index (χ4v) is 1.44. The predicted octanol–water partition coefficient (Wildman–Crippen LogP) is 1.85. The van der Waals surface area contributed by atoms with Gasteiger partial charge in [0.1, 0.15) is 5.75 Å². The topological polar surface area (TPSA) is 50.4 Å². The molecular weight excluding hydrogens is 252 g/mol. The van der Waals surface area contributed by atoms with Crippen molar-refractivity contribution in [1.29, 1.82) is 0 Å². The summed E-state index contributed by atoms with van der Waals surface area (Å²) in [7, 11) is 1.90. The van der Waals surface area contributed by atoms with Gasteiger partial charge in [-0.15, -0.1) is 12.4 Å². The molecule has 1 aromatic carbocycles. The third-order valence-electron chi connectivity index (χ3n) is 2.32. The highest BCUT2D eigenvalue weighted by atomic mass is 35.5. The molecule has 0 heterocycles. The molecule has 0 aliphatic heterocycles. The van der Waals surface area contributed by atoms with Crippen LogP contribution in [0.3, 0.4) is 0 Å². The van der Waals surface area contributed by atoms with Gasteiger partial charge in [0.05, 0.1) is 6.61 Å². The first-order valence-electron chi connectivity index (χ1n) is 5.93. The Morgan fingerprint density at radius 3 is 2.44 bits per heavy atom. The Bertz CT molecular complexity index is 341. The maximum Gasteiger partial charge on any atom is 0.251 e. The molecule has 0 aliphatic rings. The fourth-order valence-electron chi connectivity index (χ4n) is 1.44. The molecular formula is C13H21ClN2O2. The second-order valence-corrected chi connectivity index (χ2v) is 3.67. The first kappa shape index (κ1) is 16.7. The molecule has 2 N–H and O–H groups in total. The molecule has 0 bridgehead atoms. The fraction of sp³-hybridized carbons (Fsp3) is 0.462. The largest absolute Gasteiger partial charge is 0.494 e. The lowest BCUT2D eigenvalue weighted by Gasteiger charge is -2.06. The normalized spacial score (nSPS) is 9.44. The van der Waals surface area contributed by atoms with Crippen molar-refractivity contribution in [1.82, 2.24) is 10.6 Å². The molecule has 0 unspecified atom stereocenters. The van der Waals surface area contributed by atoms with Crippen molar-refractivity contribution < 1.29 is 9.53 Å². The number of benzene rings is 1. The number of hydrogen-bond donors (Lipinski definition) is 2. The number of ether oxygens (including phenoxy) is 1. The molecule has 0 aliphatic carbocycles. The van der Waals surface area contributed by atoms with Crippen LogP contribution in [0, 0.1) is 0 Å². The van der Waals surface area contributed by atoms with Crippen LogP contribution in [0.4, 0.5) is 0 Å². The minimum atomic E-state index is -0.0378. The molecule has 18 heavy (non-hydrogen) atoms. The highest BCUT2D eigenvalue weighted by Crippen LogP contribution is 2.11. The smallest absolute Gasteiger partial charge is 0.251 e. The Kier molecular flexibility index (Phi) is 9.06. The first-order valence-corrected chi connectivity index (χ1v) is 5.93. The van der Waals surface area contributed by atoms with E-state index in [2.05, 4.69) is 10.6 Å². The van der Waals surface area contributed by atoms with Gasteiger partial charge in [-0.05, 0) is 51.2 Å². The predicted molar refractivity (Wildman–Crippen MR) is 75.7 cm³/mol. The van der Waals surface area contributed by atoms with Gasteiger partial charge in [-0.3, -0.25) is 4.79 Å². The van der Waals surface area contributed by atoms with E-state index in [1.807, 2.05) is 26.1 Å². The summed E-state index contributed by atoms with van der Waals surface area (Å²) >= 11 is 0. The first-order chi connectivity index (χ1) is 8.27. The van der Waals surface area contributed by atoms with Crippen LogP contribution in [0.25, 0.3) is 0 Å². The summed E-state index contributed by atoms with van der Waals surface area (Å²) in [5.41, 5.74) is 0.665. The summed E-state index contributed by atoms with van der Waals surface area (Å²) in [6, 6.07) is 7.18. The zero-order chi connectivity index (χ0) is 12.5. The van der Waals surface area contributed by atoms with Crippen LogP contribution in [0.2, 0.25) is 0 Å². The summed E-state index contributed by atoms with van der Waals surface area (Å²) in [4.78, 5) is 11.7. The van der Waals surface area contributed by atoms with Gasteiger partial charge in [-0.2, -0.15) is 0 Å². The van der Waals surface area contributed by atoms with E-state index in [0.717, 1.165) is 18.7 Å². The molecule has 1 amide bonds. The van der Waals surface area contributed by atoms with Crippen molar-refractivity contribution in [3.05, 3.63) is 29.8 Å². The van der Waals surface area contributed by atoms with Gasteiger partial charge in [0, 0.05) is 12.1 Å². The lowest BCUT2D eigenvalue weighted by Crippen LogP contribution is -2.26. The van der Waals surface area contributed by atoms with Crippen LogP contribution < -0.4 is 15.4 Å². The Morgan fingerprint density at radius 2 is 1.89 bits per heavy atom. The average Bonchev–Trinajstić information content (AvgIpc) is 2.36. The molecule has 102 valence electrons. The van der Waals surface area contributed by atoms with Crippen LogP contribution in [0.1, 0.15) is 23.7 Å². The second-order valence-electron chi connectivity index (χ2n) is 3.67. The van der Waals surface area contributed by atoms with E-state index < -0.39 is 0 Å². The van der Waals surface area contributed by atoms with Crippen LogP contribution in [-0.4, -0.2) is 32.7 Å². The molecule has 0 aromatic heterocycles. The number of nitrogens with one attached hydrogen (secondary N) is 2. The van der Waals surface area contributed by atoms with Crippen LogP contribution in [0.15, 0.2) is 24.3 Å². The number of rotatable bonds is 7. The van der Waals surface area contributed by atoms with E-state index >= 15 is 0 Å². The van der Waals surface area contributed by atoms with E-state index in [1.165, 1.54) is 0 Å².